The predicted octanol–water partition coefficient (Wildman–Crippen LogP) is 0.710. The van der Waals surface area contributed by atoms with Crippen LogP contribution in [0.15, 0.2) is 12.4 Å². The van der Waals surface area contributed by atoms with E-state index in [1.54, 1.807) is 13.0 Å². The third-order valence-electron chi connectivity index (χ3n) is 1.03. The highest BCUT2D eigenvalue weighted by atomic mass is 16.5. The number of ether oxygens (including phenoxy) is 1. The van der Waals surface area contributed by atoms with Crippen molar-refractivity contribution in [2.45, 2.75) is 13.8 Å². The van der Waals surface area contributed by atoms with Crippen LogP contribution in [-0.4, -0.2) is 15.9 Å². The largest absolute Gasteiger partial charge is 0.408 e. The van der Waals surface area contributed by atoms with Gasteiger partial charge in [-0.2, -0.15) is 0 Å². The monoisotopic (exact) mass is 152 g/mol. The summed E-state index contributed by atoms with van der Waals surface area (Å²) >= 11 is 0. The van der Waals surface area contributed by atoms with Gasteiger partial charge in [-0.05, 0) is 6.92 Å². The molecule has 0 radical (unpaired) electrons. The first-order valence-electron chi connectivity index (χ1n) is 3.15. The van der Waals surface area contributed by atoms with E-state index in [-0.39, 0.29) is 5.97 Å². The summed E-state index contributed by atoms with van der Waals surface area (Å²) in [6.07, 6.45) is 1.35. The molecule has 0 atom stereocenters. The molecule has 0 aliphatic heterocycles. The molecule has 1 rings (SSSR count). The average molecular weight is 152 g/mol. The van der Waals surface area contributed by atoms with E-state index in [9.17, 15) is 4.79 Å². The molecule has 0 unspecified atom stereocenters. The number of rotatable bonds is 1. The summed E-state index contributed by atoms with van der Waals surface area (Å²) in [5.74, 6) is -0.0758. The van der Waals surface area contributed by atoms with Crippen LogP contribution in [0.1, 0.15) is 12.6 Å². The Kier molecular flexibility index (Phi) is 2.15. The second-order valence-corrected chi connectivity index (χ2v) is 2.09. The Labute approximate surface area is 64.2 Å². The summed E-state index contributed by atoms with van der Waals surface area (Å²) in [5, 5.41) is 0. The molecule has 11 heavy (non-hydrogen) atoms. The first-order valence-corrected chi connectivity index (χ1v) is 3.15. The molecule has 0 fully saturated rings. The quantitative estimate of drug-likeness (QED) is 0.556. The lowest BCUT2D eigenvalue weighted by atomic mass is 10.4. The molecule has 4 heteroatoms. The van der Waals surface area contributed by atoms with E-state index in [0.29, 0.717) is 5.88 Å². The number of aromatic nitrogens is 2. The van der Waals surface area contributed by atoms with Crippen molar-refractivity contribution in [2.24, 2.45) is 0 Å². The Bertz CT molecular complexity index is 273. The van der Waals surface area contributed by atoms with E-state index in [1.165, 1.54) is 13.3 Å². The van der Waals surface area contributed by atoms with Crippen molar-refractivity contribution in [3.63, 3.8) is 0 Å². The Morgan fingerprint density at radius 2 is 2.27 bits per heavy atom. The highest BCUT2D eigenvalue weighted by Gasteiger charge is 1.98. The van der Waals surface area contributed by atoms with Crippen molar-refractivity contribution < 1.29 is 9.53 Å². The fourth-order valence-corrected chi connectivity index (χ4v) is 0.633. The van der Waals surface area contributed by atoms with Crippen molar-refractivity contribution in [1.29, 1.82) is 0 Å². The van der Waals surface area contributed by atoms with Gasteiger partial charge in [0.15, 0.2) is 0 Å². The van der Waals surface area contributed by atoms with Gasteiger partial charge in [0.2, 0.25) is 5.88 Å². The zero-order valence-corrected chi connectivity index (χ0v) is 6.37. The van der Waals surface area contributed by atoms with Crippen molar-refractivity contribution in [2.75, 3.05) is 0 Å². The van der Waals surface area contributed by atoms with Gasteiger partial charge >= 0.3 is 5.97 Å². The minimum absolute atomic E-state index is 0.296. The van der Waals surface area contributed by atoms with Crippen molar-refractivity contribution in [3.05, 3.63) is 18.1 Å². The molecule has 0 aliphatic carbocycles. The Morgan fingerprint density at radius 3 is 2.82 bits per heavy atom. The van der Waals surface area contributed by atoms with Gasteiger partial charge in [0.25, 0.3) is 0 Å². The van der Waals surface area contributed by atoms with E-state index >= 15 is 0 Å². The highest BCUT2D eigenvalue weighted by Crippen LogP contribution is 2.04. The molecule has 0 amide bonds. The number of hydrogen-bond acceptors (Lipinski definition) is 4. The molecule has 0 N–H and O–H groups in total. The maximum Gasteiger partial charge on any atom is 0.309 e. The van der Waals surface area contributed by atoms with Gasteiger partial charge in [-0.3, -0.25) is 4.79 Å². The van der Waals surface area contributed by atoms with Crippen LogP contribution in [0.2, 0.25) is 0 Å². The molecule has 1 heterocycles. The van der Waals surface area contributed by atoms with Gasteiger partial charge in [0, 0.05) is 18.7 Å². The molecule has 0 aliphatic rings. The van der Waals surface area contributed by atoms with Crippen LogP contribution in [0.25, 0.3) is 0 Å². The average Bonchev–Trinajstić information content (AvgIpc) is 1.85. The summed E-state index contributed by atoms with van der Waals surface area (Å²) in [6, 6.07) is 1.60. The first-order chi connectivity index (χ1) is 5.18. The minimum Gasteiger partial charge on any atom is -0.408 e. The van der Waals surface area contributed by atoms with E-state index in [4.69, 9.17) is 4.74 Å². The summed E-state index contributed by atoms with van der Waals surface area (Å²) in [5.41, 5.74) is 0.774. The lowest BCUT2D eigenvalue weighted by Crippen LogP contribution is -2.03. The Hall–Kier alpha value is -1.45. The lowest BCUT2D eigenvalue weighted by molar-refractivity contribution is -0.132. The number of carbonyl (C=O) groups is 1. The summed E-state index contributed by atoms with van der Waals surface area (Å²) in [6.45, 7) is 3.13. The highest BCUT2D eigenvalue weighted by molar-refractivity contribution is 5.68. The molecule has 0 aromatic carbocycles. The Morgan fingerprint density at radius 1 is 1.55 bits per heavy atom. The molecule has 1 aromatic rings. The number of aryl methyl sites for hydroxylation is 1. The lowest BCUT2D eigenvalue weighted by Gasteiger charge is -1.98. The fourth-order valence-electron chi connectivity index (χ4n) is 0.633. The number of nitrogens with zero attached hydrogens (tertiary/aromatic N) is 2. The molecule has 0 saturated carbocycles. The molecule has 58 valence electrons. The SMILES string of the molecule is CC(=O)Oc1cc(C)ncn1. The molecular weight excluding hydrogens is 144 g/mol. The Balaban J connectivity index is 2.79. The third-order valence-corrected chi connectivity index (χ3v) is 1.03. The van der Waals surface area contributed by atoms with Gasteiger partial charge in [-0.1, -0.05) is 0 Å². The van der Waals surface area contributed by atoms with E-state index < -0.39 is 0 Å². The summed E-state index contributed by atoms with van der Waals surface area (Å²) in [4.78, 5) is 18.0. The standard InChI is InChI=1S/C7H8N2O2/c1-5-3-7(9-4-8-5)11-6(2)10/h3-4H,1-2H3. The molecule has 0 spiro atoms. The third kappa shape index (κ3) is 2.33. The van der Waals surface area contributed by atoms with Crippen LogP contribution in [-0.2, 0) is 4.79 Å². The second kappa shape index (κ2) is 3.09. The zero-order chi connectivity index (χ0) is 8.27. The van der Waals surface area contributed by atoms with Crippen LogP contribution in [0.3, 0.4) is 0 Å². The van der Waals surface area contributed by atoms with Crippen LogP contribution in [0.5, 0.6) is 5.88 Å². The number of hydrogen-bond donors (Lipinski definition) is 0. The maximum atomic E-state index is 10.4. The molecule has 0 bridgehead atoms. The van der Waals surface area contributed by atoms with E-state index in [1.807, 2.05) is 0 Å². The molecule has 1 aromatic heterocycles. The van der Waals surface area contributed by atoms with E-state index in [0.717, 1.165) is 5.69 Å². The predicted molar refractivity (Wildman–Crippen MR) is 38.1 cm³/mol. The van der Waals surface area contributed by atoms with Crippen LogP contribution in [0.4, 0.5) is 0 Å². The molecular formula is C7H8N2O2. The zero-order valence-electron chi connectivity index (χ0n) is 6.37. The van der Waals surface area contributed by atoms with Crippen molar-refractivity contribution >= 4 is 5.97 Å². The topological polar surface area (TPSA) is 52.1 Å². The van der Waals surface area contributed by atoms with Gasteiger partial charge in [0.1, 0.15) is 6.33 Å². The van der Waals surface area contributed by atoms with Crippen LogP contribution in [0, 0.1) is 6.92 Å². The molecule has 4 nitrogen and oxygen atoms in total. The normalized spacial score (nSPS) is 9.27. The maximum absolute atomic E-state index is 10.4. The fraction of sp³-hybridized carbons (Fsp3) is 0.286. The van der Waals surface area contributed by atoms with E-state index in [2.05, 4.69) is 9.97 Å². The second-order valence-electron chi connectivity index (χ2n) is 2.09. The summed E-state index contributed by atoms with van der Waals surface area (Å²) in [7, 11) is 0. The van der Waals surface area contributed by atoms with Crippen molar-refractivity contribution in [3.8, 4) is 5.88 Å². The van der Waals surface area contributed by atoms with Gasteiger partial charge < -0.3 is 4.74 Å². The van der Waals surface area contributed by atoms with Crippen LogP contribution < -0.4 is 4.74 Å². The van der Waals surface area contributed by atoms with Gasteiger partial charge in [-0.15, -0.1) is 0 Å². The van der Waals surface area contributed by atoms with Crippen LogP contribution >= 0.6 is 0 Å². The smallest absolute Gasteiger partial charge is 0.309 e. The van der Waals surface area contributed by atoms with Gasteiger partial charge in [-0.25, -0.2) is 9.97 Å². The van der Waals surface area contributed by atoms with Crippen molar-refractivity contribution in [1.82, 2.24) is 9.97 Å². The minimum atomic E-state index is -0.372. The first kappa shape index (κ1) is 7.65. The number of carbonyl (C=O) groups excluding carboxylic acids is 1. The number of esters is 1. The van der Waals surface area contributed by atoms with Gasteiger partial charge in [0.05, 0.1) is 0 Å². The summed E-state index contributed by atoms with van der Waals surface area (Å²) < 4.78 is 4.70. The molecule has 0 saturated heterocycles.